The summed E-state index contributed by atoms with van der Waals surface area (Å²) in [6, 6.07) is 4.02. The van der Waals surface area contributed by atoms with Gasteiger partial charge in [-0.15, -0.1) is 0 Å². The van der Waals surface area contributed by atoms with E-state index in [4.69, 9.17) is 4.42 Å². The lowest BCUT2D eigenvalue weighted by Crippen LogP contribution is -2.36. The van der Waals surface area contributed by atoms with Crippen molar-refractivity contribution in [2.45, 2.75) is 19.4 Å². The number of hydrogen-bond donors (Lipinski definition) is 1. The molecular formula is C12H20N2O. The van der Waals surface area contributed by atoms with Crippen molar-refractivity contribution in [2.75, 3.05) is 26.7 Å². The zero-order valence-corrected chi connectivity index (χ0v) is 9.41. The molecule has 0 aliphatic carbocycles. The normalized spacial score (nSPS) is 19.5. The summed E-state index contributed by atoms with van der Waals surface area (Å²) in [5.41, 5.74) is 0. The summed E-state index contributed by atoms with van der Waals surface area (Å²) in [6.45, 7) is 4.54. The molecule has 1 aliphatic rings. The van der Waals surface area contributed by atoms with Crippen molar-refractivity contribution < 1.29 is 4.42 Å². The van der Waals surface area contributed by atoms with Gasteiger partial charge in [0, 0.05) is 0 Å². The predicted molar refractivity (Wildman–Crippen MR) is 60.6 cm³/mol. The minimum atomic E-state index is 0.864. The smallest absolute Gasteiger partial charge is 0.117 e. The molecule has 0 atom stereocenters. The highest BCUT2D eigenvalue weighted by Gasteiger charge is 2.18. The van der Waals surface area contributed by atoms with Gasteiger partial charge in [0.05, 0.1) is 12.8 Å². The Kier molecular flexibility index (Phi) is 3.80. The van der Waals surface area contributed by atoms with Crippen LogP contribution in [0.25, 0.3) is 0 Å². The zero-order valence-electron chi connectivity index (χ0n) is 9.41. The lowest BCUT2D eigenvalue weighted by atomic mass is 9.97. The molecule has 3 heteroatoms. The average molecular weight is 208 g/mol. The number of nitrogens with one attached hydrogen (secondary N) is 1. The fourth-order valence-electron chi connectivity index (χ4n) is 2.26. The quantitative estimate of drug-likeness (QED) is 0.816. The number of furan rings is 1. The van der Waals surface area contributed by atoms with E-state index in [9.17, 15) is 0 Å². The van der Waals surface area contributed by atoms with Crippen molar-refractivity contribution in [2.24, 2.45) is 5.92 Å². The fourth-order valence-corrected chi connectivity index (χ4v) is 2.26. The molecule has 0 aromatic carbocycles. The van der Waals surface area contributed by atoms with E-state index in [1.165, 1.54) is 25.9 Å². The highest BCUT2D eigenvalue weighted by atomic mass is 16.3. The van der Waals surface area contributed by atoms with E-state index in [1.54, 1.807) is 6.26 Å². The van der Waals surface area contributed by atoms with Crippen LogP contribution in [0.2, 0.25) is 0 Å². The molecule has 84 valence electrons. The van der Waals surface area contributed by atoms with Crippen LogP contribution in [0.3, 0.4) is 0 Å². The van der Waals surface area contributed by atoms with Crippen LogP contribution in [0, 0.1) is 5.92 Å². The Bertz CT molecular complexity index is 263. The third-order valence-corrected chi connectivity index (χ3v) is 3.16. The third-order valence-electron chi connectivity index (χ3n) is 3.16. The van der Waals surface area contributed by atoms with E-state index in [-0.39, 0.29) is 0 Å². The van der Waals surface area contributed by atoms with Crippen molar-refractivity contribution in [1.29, 1.82) is 0 Å². The number of piperidine rings is 1. The molecule has 1 fully saturated rings. The second-order valence-corrected chi connectivity index (χ2v) is 4.36. The highest BCUT2D eigenvalue weighted by Crippen LogP contribution is 2.18. The van der Waals surface area contributed by atoms with Gasteiger partial charge >= 0.3 is 0 Å². The number of rotatable bonds is 4. The summed E-state index contributed by atoms with van der Waals surface area (Å²) < 4.78 is 5.36. The molecule has 0 bridgehead atoms. The largest absolute Gasteiger partial charge is 0.468 e. The maximum atomic E-state index is 5.36. The first-order chi connectivity index (χ1) is 7.38. The van der Waals surface area contributed by atoms with E-state index < -0.39 is 0 Å². The molecule has 0 amide bonds. The first-order valence-electron chi connectivity index (χ1n) is 5.78. The van der Waals surface area contributed by atoms with E-state index in [0.717, 1.165) is 24.8 Å². The van der Waals surface area contributed by atoms with Gasteiger partial charge in [-0.2, -0.15) is 0 Å². The Morgan fingerprint density at radius 2 is 2.27 bits per heavy atom. The molecular weight excluding hydrogens is 188 g/mol. The molecule has 1 saturated heterocycles. The second-order valence-electron chi connectivity index (χ2n) is 4.36. The maximum absolute atomic E-state index is 5.36. The van der Waals surface area contributed by atoms with Crippen molar-refractivity contribution in [3.05, 3.63) is 24.2 Å². The van der Waals surface area contributed by atoms with Gasteiger partial charge in [0.1, 0.15) is 5.76 Å². The van der Waals surface area contributed by atoms with Crippen molar-refractivity contribution in [3.8, 4) is 0 Å². The second kappa shape index (κ2) is 5.33. The van der Waals surface area contributed by atoms with Crippen LogP contribution in [-0.2, 0) is 6.54 Å². The Morgan fingerprint density at radius 3 is 2.87 bits per heavy atom. The minimum Gasteiger partial charge on any atom is -0.468 e. The lowest BCUT2D eigenvalue weighted by Gasteiger charge is -2.31. The Labute approximate surface area is 91.4 Å². The van der Waals surface area contributed by atoms with E-state index in [1.807, 2.05) is 13.1 Å². The van der Waals surface area contributed by atoms with Crippen LogP contribution in [0.1, 0.15) is 18.6 Å². The molecule has 0 saturated carbocycles. The number of nitrogens with zero attached hydrogens (tertiary/aromatic N) is 1. The van der Waals surface area contributed by atoms with Gasteiger partial charge < -0.3 is 9.73 Å². The Morgan fingerprint density at radius 1 is 1.47 bits per heavy atom. The Balaban J connectivity index is 1.74. The Hall–Kier alpha value is -0.800. The molecule has 0 unspecified atom stereocenters. The zero-order chi connectivity index (χ0) is 10.5. The van der Waals surface area contributed by atoms with E-state index >= 15 is 0 Å². The van der Waals surface area contributed by atoms with Crippen LogP contribution in [0.5, 0.6) is 0 Å². The van der Waals surface area contributed by atoms with Crippen molar-refractivity contribution >= 4 is 0 Å². The van der Waals surface area contributed by atoms with Gasteiger partial charge in [-0.05, 0) is 57.6 Å². The molecule has 15 heavy (non-hydrogen) atoms. The van der Waals surface area contributed by atoms with Crippen LogP contribution >= 0.6 is 0 Å². The van der Waals surface area contributed by atoms with E-state index in [2.05, 4.69) is 16.3 Å². The monoisotopic (exact) mass is 208 g/mol. The van der Waals surface area contributed by atoms with Gasteiger partial charge in [-0.25, -0.2) is 0 Å². The molecule has 1 aromatic rings. The van der Waals surface area contributed by atoms with Crippen molar-refractivity contribution in [1.82, 2.24) is 10.2 Å². The molecule has 0 radical (unpaired) electrons. The predicted octanol–water partition coefficient (Wildman–Crippen LogP) is 1.71. The fraction of sp³-hybridized carbons (Fsp3) is 0.667. The van der Waals surface area contributed by atoms with Crippen LogP contribution < -0.4 is 5.32 Å². The number of likely N-dealkylation sites (tertiary alicyclic amines) is 1. The van der Waals surface area contributed by atoms with Crippen LogP contribution in [0.4, 0.5) is 0 Å². The average Bonchev–Trinajstić information content (AvgIpc) is 2.74. The third kappa shape index (κ3) is 3.08. The van der Waals surface area contributed by atoms with Gasteiger partial charge in [0.2, 0.25) is 0 Å². The van der Waals surface area contributed by atoms with Crippen molar-refractivity contribution in [3.63, 3.8) is 0 Å². The molecule has 1 aromatic heterocycles. The minimum absolute atomic E-state index is 0.864. The molecule has 1 N–H and O–H groups in total. The molecule has 2 rings (SSSR count). The van der Waals surface area contributed by atoms with Gasteiger partial charge in [0.15, 0.2) is 0 Å². The molecule has 2 heterocycles. The number of hydrogen-bond acceptors (Lipinski definition) is 3. The molecule has 0 spiro atoms. The van der Waals surface area contributed by atoms with Crippen LogP contribution in [0.15, 0.2) is 22.8 Å². The standard InChI is InChI=1S/C12H20N2O/c1-13-9-11-4-6-14(7-5-11)10-12-3-2-8-15-12/h2-3,8,11,13H,4-7,9-10H2,1H3. The summed E-state index contributed by atoms with van der Waals surface area (Å²) in [7, 11) is 2.04. The summed E-state index contributed by atoms with van der Waals surface area (Å²) in [6.07, 6.45) is 4.37. The summed E-state index contributed by atoms with van der Waals surface area (Å²) in [5.74, 6) is 1.95. The van der Waals surface area contributed by atoms with E-state index in [0.29, 0.717) is 0 Å². The van der Waals surface area contributed by atoms with Gasteiger partial charge in [0.25, 0.3) is 0 Å². The van der Waals surface area contributed by atoms with Gasteiger partial charge in [-0.1, -0.05) is 0 Å². The van der Waals surface area contributed by atoms with Gasteiger partial charge in [-0.3, -0.25) is 4.90 Å². The maximum Gasteiger partial charge on any atom is 0.117 e. The highest BCUT2D eigenvalue weighted by molar-refractivity contribution is 4.98. The summed E-state index contributed by atoms with van der Waals surface area (Å²) in [4.78, 5) is 2.48. The molecule has 3 nitrogen and oxygen atoms in total. The topological polar surface area (TPSA) is 28.4 Å². The first kappa shape index (κ1) is 10.7. The van der Waals surface area contributed by atoms with Crippen LogP contribution in [-0.4, -0.2) is 31.6 Å². The molecule has 1 aliphatic heterocycles. The first-order valence-corrected chi connectivity index (χ1v) is 5.78. The SMILES string of the molecule is CNCC1CCN(Cc2ccco2)CC1. The lowest BCUT2D eigenvalue weighted by molar-refractivity contribution is 0.166. The summed E-state index contributed by atoms with van der Waals surface area (Å²) in [5, 5.41) is 3.26. The summed E-state index contributed by atoms with van der Waals surface area (Å²) >= 11 is 0.